The first-order valence-corrected chi connectivity index (χ1v) is 6.33. The molecule has 4 heteroatoms. The zero-order valence-corrected chi connectivity index (χ0v) is 12.0. The molecule has 100 valence electrons. The Balaban J connectivity index is 4.30. The summed E-state index contributed by atoms with van der Waals surface area (Å²) in [6.07, 6.45) is 0. The maximum Gasteiger partial charge on any atom is 0.241 e. The second-order valence-corrected chi connectivity index (χ2v) is 5.13. The lowest BCUT2D eigenvalue weighted by Crippen LogP contribution is -2.45. The van der Waals surface area contributed by atoms with Crippen molar-refractivity contribution in [3.8, 4) is 0 Å². The van der Waals surface area contributed by atoms with Crippen LogP contribution in [0, 0.1) is 11.3 Å². The lowest BCUT2D eigenvalue weighted by atomic mass is 9.80. The van der Waals surface area contributed by atoms with Crippen molar-refractivity contribution in [3.63, 3.8) is 0 Å². The molecule has 0 atom stereocenters. The van der Waals surface area contributed by atoms with E-state index in [0.29, 0.717) is 13.1 Å². The third-order valence-corrected chi connectivity index (χ3v) is 3.54. The van der Waals surface area contributed by atoms with Gasteiger partial charge in [0, 0.05) is 18.5 Å². The summed E-state index contributed by atoms with van der Waals surface area (Å²) in [6.45, 7) is 13.1. The first-order valence-electron chi connectivity index (χ1n) is 6.33. The van der Waals surface area contributed by atoms with Crippen LogP contribution in [0.15, 0.2) is 0 Å². The Morgan fingerprint density at radius 2 is 1.65 bits per heavy atom. The third kappa shape index (κ3) is 4.36. The molecule has 4 nitrogen and oxygen atoms in total. The fourth-order valence-corrected chi connectivity index (χ4v) is 1.33. The molecular formula is C13H26N2O2. The average molecular weight is 242 g/mol. The highest BCUT2D eigenvalue weighted by atomic mass is 16.2. The first kappa shape index (κ1) is 15.9. The fraction of sp³-hybridized carbons (Fsp3) is 0.846. The number of nitrogens with one attached hydrogen (secondary N) is 1. The van der Waals surface area contributed by atoms with Gasteiger partial charge in [0.25, 0.3) is 0 Å². The normalized spacial score (nSPS) is 11.5. The molecule has 1 N–H and O–H groups in total. The van der Waals surface area contributed by atoms with E-state index >= 15 is 0 Å². The van der Waals surface area contributed by atoms with Crippen molar-refractivity contribution < 1.29 is 9.59 Å². The minimum Gasteiger partial charge on any atom is -0.347 e. The number of rotatable bonds is 6. The zero-order chi connectivity index (χ0) is 13.6. The van der Waals surface area contributed by atoms with Crippen molar-refractivity contribution in [3.05, 3.63) is 0 Å². The molecule has 0 aromatic rings. The lowest BCUT2D eigenvalue weighted by Gasteiger charge is -2.28. The molecule has 0 aromatic heterocycles. The lowest BCUT2D eigenvalue weighted by molar-refractivity contribution is -0.136. The standard InChI is InChI=1S/C13H26N2O2/c1-7-15(8-2)11(16)9-14-12(17)13(5,6)10(3)4/h10H,7-9H2,1-6H3,(H,14,17). The molecule has 0 rings (SSSR count). The molecule has 0 saturated heterocycles. The van der Waals surface area contributed by atoms with E-state index < -0.39 is 5.41 Å². The number of carbonyl (C=O) groups is 2. The molecule has 0 unspecified atom stereocenters. The quantitative estimate of drug-likeness (QED) is 0.770. The van der Waals surface area contributed by atoms with Gasteiger partial charge in [-0.05, 0) is 19.8 Å². The van der Waals surface area contributed by atoms with Crippen LogP contribution in [0.1, 0.15) is 41.5 Å². The van der Waals surface area contributed by atoms with Gasteiger partial charge in [-0.2, -0.15) is 0 Å². The molecule has 0 bridgehead atoms. The minimum atomic E-state index is -0.441. The van der Waals surface area contributed by atoms with E-state index in [4.69, 9.17) is 0 Å². The van der Waals surface area contributed by atoms with Crippen LogP contribution in [-0.4, -0.2) is 36.3 Å². The summed E-state index contributed by atoms with van der Waals surface area (Å²) in [5.74, 6) is 0.155. The highest BCUT2D eigenvalue weighted by Gasteiger charge is 2.31. The van der Waals surface area contributed by atoms with E-state index in [-0.39, 0.29) is 24.3 Å². The summed E-state index contributed by atoms with van der Waals surface area (Å²) in [7, 11) is 0. The van der Waals surface area contributed by atoms with Crippen molar-refractivity contribution in [2.75, 3.05) is 19.6 Å². The van der Waals surface area contributed by atoms with Gasteiger partial charge in [0.15, 0.2) is 0 Å². The van der Waals surface area contributed by atoms with E-state index in [0.717, 1.165) is 0 Å². The van der Waals surface area contributed by atoms with Crippen molar-refractivity contribution in [2.24, 2.45) is 11.3 Å². The van der Waals surface area contributed by atoms with Crippen LogP contribution in [-0.2, 0) is 9.59 Å². The zero-order valence-electron chi connectivity index (χ0n) is 12.0. The van der Waals surface area contributed by atoms with Crippen LogP contribution in [0.2, 0.25) is 0 Å². The summed E-state index contributed by atoms with van der Waals surface area (Å²) in [6, 6.07) is 0. The van der Waals surface area contributed by atoms with Crippen LogP contribution in [0.3, 0.4) is 0 Å². The third-order valence-electron chi connectivity index (χ3n) is 3.54. The van der Waals surface area contributed by atoms with Gasteiger partial charge in [-0.15, -0.1) is 0 Å². The fourth-order valence-electron chi connectivity index (χ4n) is 1.33. The highest BCUT2D eigenvalue weighted by molar-refractivity contribution is 5.87. The minimum absolute atomic E-state index is 0.0251. The molecule has 0 spiro atoms. The predicted octanol–water partition coefficient (Wildman–Crippen LogP) is 1.65. The Morgan fingerprint density at radius 3 is 2.00 bits per heavy atom. The van der Waals surface area contributed by atoms with Gasteiger partial charge in [-0.3, -0.25) is 9.59 Å². The molecule has 0 aliphatic carbocycles. The van der Waals surface area contributed by atoms with E-state index in [9.17, 15) is 9.59 Å². The van der Waals surface area contributed by atoms with E-state index in [1.54, 1.807) is 4.90 Å². The molecule has 17 heavy (non-hydrogen) atoms. The number of nitrogens with zero attached hydrogens (tertiary/aromatic N) is 1. The molecular weight excluding hydrogens is 216 g/mol. The second kappa shape index (κ2) is 6.62. The largest absolute Gasteiger partial charge is 0.347 e. The van der Waals surface area contributed by atoms with Gasteiger partial charge in [0.2, 0.25) is 11.8 Å². The molecule has 0 aromatic carbocycles. The molecule has 0 saturated carbocycles. The smallest absolute Gasteiger partial charge is 0.241 e. The Morgan fingerprint density at radius 1 is 1.18 bits per heavy atom. The summed E-state index contributed by atoms with van der Waals surface area (Å²) < 4.78 is 0. The van der Waals surface area contributed by atoms with Gasteiger partial charge in [0.05, 0.1) is 6.54 Å². The van der Waals surface area contributed by atoms with Crippen LogP contribution < -0.4 is 5.32 Å². The van der Waals surface area contributed by atoms with Crippen molar-refractivity contribution >= 4 is 11.8 Å². The van der Waals surface area contributed by atoms with Crippen molar-refractivity contribution in [1.82, 2.24) is 10.2 Å². The van der Waals surface area contributed by atoms with Crippen molar-refractivity contribution in [1.29, 1.82) is 0 Å². The van der Waals surface area contributed by atoms with E-state index in [1.807, 2.05) is 41.5 Å². The van der Waals surface area contributed by atoms with Crippen LogP contribution >= 0.6 is 0 Å². The molecule has 0 radical (unpaired) electrons. The second-order valence-electron chi connectivity index (χ2n) is 5.13. The maximum absolute atomic E-state index is 11.9. The van der Waals surface area contributed by atoms with E-state index in [1.165, 1.54) is 0 Å². The monoisotopic (exact) mass is 242 g/mol. The van der Waals surface area contributed by atoms with Gasteiger partial charge >= 0.3 is 0 Å². The molecule has 0 fully saturated rings. The van der Waals surface area contributed by atoms with Crippen LogP contribution in [0.4, 0.5) is 0 Å². The highest BCUT2D eigenvalue weighted by Crippen LogP contribution is 2.25. The summed E-state index contributed by atoms with van der Waals surface area (Å²) in [5, 5.41) is 2.72. The van der Waals surface area contributed by atoms with Crippen LogP contribution in [0.25, 0.3) is 0 Å². The van der Waals surface area contributed by atoms with Crippen LogP contribution in [0.5, 0.6) is 0 Å². The molecule has 0 aliphatic heterocycles. The first-order chi connectivity index (χ1) is 7.77. The predicted molar refractivity (Wildman–Crippen MR) is 69.6 cm³/mol. The SMILES string of the molecule is CCN(CC)C(=O)CNC(=O)C(C)(C)C(C)C. The number of hydrogen-bond acceptors (Lipinski definition) is 2. The Hall–Kier alpha value is -1.06. The number of hydrogen-bond donors (Lipinski definition) is 1. The van der Waals surface area contributed by atoms with E-state index in [2.05, 4.69) is 5.32 Å². The summed E-state index contributed by atoms with van der Waals surface area (Å²) in [5.41, 5.74) is -0.441. The Labute approximate surface area is 105 Å². The Bertz CT molecular complexity index is 269. The summed E-state index contributed by atoms with van der Waals surface area (Å²) in [4.78, 5) is 25.4. The molecule has 2 amide bonds. The average Bonchev–Trinajstić information content (AvgIpc) is 2.27. The van der Waals surface area contributed by atoms with Gasteiger partial charge in [-0.1, -0.05) is 27.7 Å². The van der Waals surface area contributed by atoms with Crippen molar-refractivity contribution in [2.45, 2.75) is 41.5 Å². The molecule has 0 heterocycles. The molecule has 0 aliphatic rings. The van der Waals surface area contributed by atoms with Gasteiger partial charge < -0.3 is 10.2 Å². The van der Waals surface area contributed by atoms with Gasteiger partial charge in [-0.25, -0.2) is 0 Å². The maximum atomic E-state index is 11.9. The number of amides is 2. The Kier molecular flexibility index (Phi) is 6.21. The van der Waals surface area contributed by atoms with Gasteiger partial charge in [0.1, 0.15) is 0 Å². The topological polar surface area (TPSA) is 49.4 Å². The number of likely N-dealkylation sites (N-methyl/N-ethyl adjacent to an activating group) is 1. The summed E-state index contributed by atoms with van der Waals surface area (Å²) >= 11 is 0. The number of carbonyl (C=O) groups excluding carboxylic acids is 2.